The number of fused-ring (bicyclic) bond motifs is 1. The Balaban J connectivity index is 0.00000192. The Labute approximate surface area is 162 Å². The van der Waals surface area contributed by atoms with Crippen molar-refractivity contribution in [3.8, 4) is 17.0 Å². The molecule has 0 amide bonds. The smallest absolute Gasteiger partial charge is 0.267 e. The van der Waals surface area contributed by atoms with Crippen molar-refractivity contribution >= 4 is 75.2 Å². The summed E-state index contributed by atoms with van der Waals surface area (Å²) in [4.78, 5) is 4.69. The molecule has 0 radical (unpaired) electrons. The summed E-state index contributed by atoms with van der Waals surface area (Å²) in [6.07, 6.45) is 0. The molecule has 2 heterocycles. The van der Waals surface area contributed by atoms with Crippen molar-refractivity contribution in [2.45, 2.75) is 4.34 Å². The van der Waals surface area contributed by atoms with Crippen LogP contribution in [0.1, 0.15) is 0 Å². The highest BCUT2D eigenvalue weighted by Gasteiger charge is 2.23. The summed E-state index contributed by atoms with van der Waals surface area (Å²) < 4.78 is 30.7. The van der Waals surface area contributed by atoms with Crippen molar-refractivity contribution in [1.82, 2.24) is 14.6 Å². The molecule has 7 nitrogen and oxygen atoms in total. The van der Waals surface area contributed by atoms with Crippen molar-refractivity contribution in [3.05, 3.63) is 27.3 Å². The first-order chi connectivity index (χ1) is 10.3. The number of nitrogens with zero attached hydrogens (tertiary/aromatic N) is 3. The van der Waals surface area contributed by atoms with Gasteiger partial charge in [-0.2, -0.15) is 0 Å². The molecule has 0 saturated carbocycles. The average molecular weight is 549 g/mol. The molecule has 0 aliphatic carbocycles. The molecular weight excluding hydrogens is 540 g/mol. The van der Waals surface area contributed by atoms with Gasteiger partial charge in [0.2, 0.25) is 9.30 Å². The van der Waals surface area contributed by atoms with E-state index in [1.54, 1.807) is 13.2 Å². The van der Waals surface area contributed by atoms with Crippen molar-refractivity contribution in [2.24, 2.45) is 5.14 Å². The lowest BCUT2D eigenvalue weighted by atomic mass is 10.1. The standard InChI is InChI=1S/C11H8Br2N4O3S2.BrH/c1-20-6-4-2-3-5(7(6)12)8-9(13)15-10-17(8)16-11(21-10)22(14,18)19;/h2-4H,1H3,(H2,14,18,19);1H. The first-order valence-electron chi connectivity index (χ1n) is 5.73. The van der Waals surface area contributed by atoms with Crippen LogP contribution < -0.4 is 9.88 Å². The van der Waals surface area contributed by atoms with Gasteiger partial charge >= 0.3 is 0 Å². The summed E-state index contributed by atoms with van der Waals surface area (Å²) in [6, 6.07) is 5.46. The molecule has 23 heavy (non-hydrogen) atoms. The van der Waals surface area contributed by atoms with Crippen molar-refractivity contribution in [1.29, 1.82) is 0 Å². The SMILES string of the molecule is Br.COc1cccc(-c2c(Br)nc3sc(S(N)(=O)=O)nn23)c1Br. The Morgan fingerprint density at radius 2 is 2.04 bits per heavy atom. The fourth-order valence-corrected chi connectivity index (χ4v) is 4.70. The van der Waals surface area contributed by atoms with E-state index in [1.165, 1.54) is 4.52 Å². The number of imidazole rings is 1. The second-order valence-electron chi connectivity index (χ2n) is 4.18. The van der Waals surface area contributed by atoms with E-state index < -0.39 is 10.0 Å². The highest BCUT2D eigenvalue weighted by molar-refractivity contribution is 9.11. The van der Waals surface area contributed by atoms with Gasteiger partial charge in [0.1, 0.15) is 16.0 Å². The van der Waals surface area contributed by atoms with Gasteiger partial charge in [-0.25, -0.2) is 23.1 Å². The fourth-order valence-electron chi connectivity index (χ4n) is 1.90. The van der Waals surface area contributed by atoms with Gasteiger partial charge in [-0.3, -0.25) is 0 Å². The van der Waals surface area contributed by atoms with Gasteiger partial charge in [0, 0.05) is 5.56 Å². The number of ether oxygens (including phenoxy) is 1. The summed E-state index contributed by atoms with van der Waals surface area (Å²) in [5.41, 5.74) is 1.36. The monoisotopic (exact) mass is 546 g/mol. The number of nitrogens with two attached hydrogens (primary N) is 1. The quantitative estimate of drug-likeness (QED) is 0.542. The molecule has 0 spiro atoms. The van der Waals surface area contributed by atoms with Crippen LogP contribution in [0.25, 0.3) is 16.2 Å². The van der Waals surface area contributed by atoms with Crippen LogP contribution in [0, 0.1) is 0 Å². The minimum atomic E-state index is -3.87. The van der Waals surface area contributed by atoms with Gasteiger partial charge in [0.25, 0.3) is 10.0 Å². The Hall–Kier alpha value is -0.530. The molecule has 0 unspecified atom stereocenters. The minimum Gasteiger partial charge on any atom is -0.496 e. The minimum absolute atomic E-state index is 0. The summed E-state index contributed by atoms with van der Waals surface area (Å²) in [5.74, 6) is 0.640. The third-order valence-electron chi connectivity index (χ3n) is 2.82. The van der Waals surface area contributed by atoms with Crippen LogP contribution in [0.15, 0.2) is 31.6 Å². The lowest BCUT2D eigenvalue weighted by Gasteiger charge is -2.08. The summed E-state index contributed by atoms with van der Waals surface area (Å²) in [6.45, 7) is 0. The molecule has 0 fully saturated rings. The zero-order valence-corrected chi connectivity index (χ0v) is 17.9. The van der Waals surface area contributed by atoms with E-state index in [4.69, 9.17) is 9.88 Å². The molecule has 3 rings (SSSR count). The second-order valence-corrected chi connectivity index (χ2v) is 8.42. The second kappa shape index (κ2) is 6.76. The van der Waals surface area contributed by atoms with Crippen LogP contribution >= 0.6 is 60.2 Å². The summed E-state index contributed by atoms with van der Waals surface area (Å²) in [7, 11) is -2.31. The van der Waals surface area contributed by atoms with E-state index in [1.807, 2.05) is 12.1 Å². The van der Waals surface area contributed by atoms with Crippen molar-refractivity contribution < 1.29 is 13.2 Å². The number of methoxy groups -OCH3 is 1. The van der Waals surface area contributed by atoms with Crippen LogP contribution in [-0.2, 0) is 10.0 Å². The van der Waals surface area contributed by atoms with Crippen LogP contribution in [0.3, 0.4) is 0 Å². The Morgan fingerprint density at radius 1 is 1.35 bits per heavy atom. The molecular formula is C11H9Br3N4O3S2. The first-order valence-corrected chi connectivity index (χ1v) is 9.68. The van der Waals surface area contributed by atoms with Gasteiger partial charge in [0.05, 0.1) is 11.6 Å². The maximum absolute atomic E-state index is 11.4. The molecule has 0 bridgehead atoms. The molecule has 0 aliphatic rings. The van der Waals surface area contributed by atoms with E-state index >= 15 is 0 Å². The normalized spacial score (nSPS) is 11.5. The number of hydrogen-bond donors (Lipinski definition) is 1. The molecule has 0 aliphatic heterocycles. The van der Waals surface area contributed by atoms with Crippen molar-refractivity contribution in [3.63, 3.8) is 0 Å². The predicted molar refractivity (Wildman–Crippen MR) is 99.9 cm³/mol. The van der Waals surface area contributed by atoms with Crippen molar-refractivity contribution in [2.75, 3.05) is 7.11 Å². The Bertz CT molecular complexity index is 984. The number of halogens is 3. The molecule has 2 aromatic heterocycles. The van der Waals surface area contributed by atoms with Crippen LogP contribution in [0.5, 0.6) is 5.75 Å². The van der Waals surface area contributed by atoms with Gasteiger partial charge < -0.3 is 4.74 Å². The molecule has 124 valence electrons. The number of hydrogen-bond acceptors (Lipinski definition) is 6. The predicted octanol–water partition coefficient (Wildman–Crippen LogP) is 3.22. The largest absolute Gasteiger partial charge is 0.496 e. The number of sulfonamides is 1. The number of aromatic nitrogens is 3. The van der Waals surface area contributed by atoms with E-state index in [0.717, 1.165) is 16.9 Å². The number of rotatable bonds is 3. The molecule has 1 aromatic carbocycles. The molecule has 2 N–H and O–H groups in total. The van der Waals surface area contributed by atoms with Gasteiger partial charge in [0.15, 0.2) is 0 Å². The third-order valence-corrected chi connectivity index (χ3v) is 6.41. The number of benzene rings is 1. The summed E-state index contributed by atoms with van der Waals surface area (Å²) >= 11 is 7.75. The topological polar surface area (TPSA) is 99.6 Å². The number of primary sulfonamides is 1. The summed E-state index contributed by atoms with van der Waals surface area (Å²) in [5, 5.41) is 9.17. The maximum atomic E-state index is 11.4. The molecule has 3 aromatic rings. The third kappa shape index (κ3) is 3.33. The lowest BCUT2D eigenvalue weighted by molar-refractivity contribution is 0.412. The highest BCUT2D eigenvalue weighted by Crippen LogP contribution is 2.39. The Kier molecular flexibility index (Phi) is 5.53. The van der Waals surface area contributed by atoms with Gasteiger partial charge in [-0.15, -0.1) is 22.1 Å². The maximum Gasteiger partial charge on any atom is 0.267 e. The molecule has 0 atom stereocenters. The first kappa shape index (κ1) is 18.8. The zero-order valence-electron chi connectivity index (χ0n) is 11.4. The van der Waals surface area contributed by atoms with Crippen LogP contribution in [0.2, 0.25) is 0 Å². The highest BCUT2D eigenvalue weighted by atomic mass is 79.9. The van der Waals surface area contributed by atoms with E-state index in [9.17, 15) is 8.42 Å². The lowest BCUT2D eigenvalue weighted by Crippen LogP contribution is -2.12. The molecule has 12 heteroatoms. The van der Waals surface area contributed by atoms with Crippen LogP contribution in [0.4, 0.5) is 0 Å². The Morgan fingerprint density at radius 3 is 2.65 bits per heavy atom. The fraction of sp³-hybridized carbons (Fsp3) is 0.0909. The molecule has 0 saturated heterocycles. The van der Waals surface area contributed by atoms with E-state index in [2.05, 4.69) is 41.9 Å². The van der Waals surface area contributed by atoms with Gasteiger partial charge in [-0.05, 0) is 37.9 Å². The van der Waals surface area contributed by atoms with E-state index in [0.29, 0.717) is 25.5 Å². The van der Waals surface area contributed by atoms with Gasteiger partial charge in [-0.1, -0.05) is 23.5 Å². The average Bonchev–Trinajstić information content (AvgIpc) is 2.96. The van der Waals surface area contributed by atoms with Crippen LogP contribution in [-0.4, -0.2) is 30.1 Å². The zero-order chi connectivity index (χ0) is 16.1. The van der Waals surface area contributed by atoms with E-state index in [-0.39, 0.29) is 21.3 Å².